The molecule has 0 bridgehead atoms. The Bertz CT molecular complexity index is 606. The average molecular weight is 374 g/mol. The number of piperidine rings is 1. The smallest absolute Gasteiger partial charge is 0.227 e. The van der Waals surface area contributed by atoms with Crippen LogP contribution in [0.25, 0.3) is 0 Å². The monoisotopic (exact) mass is 373 g/mol. The first-order chi connectivity index (χ1) is 12.9. The van der Waals surface area contributed by atoms with E-state index in [9.17, 15) is 4.79 Å². The Morgan fingerprint density at radius 2 is 1.89 bits per heavy atom. The number of rotatable bonds is 7. The van der Waals surface area contributed by atoms with Crippen LogP contribution < -0.4 is 16.0 Å². The molecule has 0 saturated carbocycles. The molecule has 6 nitrogen and oxygen atoms in total. The number of hydrogen-bond acceptors (Lipinski definition) is 3. The van der Waals surface area contributed by atoms with Gasteiger partial charge < -0.3 is 16.0 Å². The average Bonchev–Trinajstić information content (AvgIpc) is 2.68. The number of guanidine groups is 1. The van der Waals surface area contributed by atoms with Crippen LogP contribution in [-0.4, -0.2) is 56.0 Å². The minimum atomic E-state index is -0.518. The molecular weight excluding hydrogens is 338 g/mol. The molecule has 1 amide bonds. The van der Waals surface area contributed by atoms with Gasteiger partial charge in [-0.25, -0.2) is 0 Å². The van der Waals surface area contributed by atoms with Crippen LogP contribution in [-0.2, 0) is 11.3 Å². The molecule has 0 unspecified atom stereocenters. The zero-order valence-corrected chi connectivity index (χ0v) is 17.2. The highest BCUT2D eigenvalue weighted by atomic mass is 16.2. The molecule has 0 aromatic heterocycles. The zero-order chi connectivity index (χ0) is 19.7. The summed E-state index contributed by atoms with van der Waals surface area (Å²) in [6.07, 6.45) is 2.19. The lowest BCUT2D eigenvalue weighted by Gasteiger charge is -2.33. The van der Waals surface area contributed by atoms with Crippen molar-refractivity contribution in [3.8, 4) is 0 Å². The van der Waals surface area contributed by atoms with Crippen LogP contribution in [0.4, 0.5) is 0 Å². The number of aliphatic imine (C=N–C) groups is 1. The summed E-state index contributed by atoms with van der Waals surface area (Å²) in [6, 6.07) is 11.1. The van der Waals surface area contributed by atoms with Gasteiger partial charge in [-0.15, -0.1) is 0 Å². The van der Waals surface area contributed by atoms with E-state index in [2.05, 4.69) is 63.1 Å². The minimum absolute atomic E-state index is 0.0105. The van der Waals surface area contributed by atoms with Gasteiger partial charge >= 0.3 is 0 Å². The first-order valence-electron chi connectivity index (χ1n) is 9.98. The second-order valence-electron chi connectivity index (χ2n) is 7.84. The molecule has 0 aliphatic carbocycles. The highest BCUT2D eigenvalue weighted by Gasteiger charge is 2.27. The molecule has 0 radical (unpaired) electrons. The van der Waals surface area contributed by atoms with Gasteiger partial charge in [-0.1, -0.05) is 30.3 Å². The number of carbonyl (C=O) groups excluding carboxylic acids is 1. The van der Waals surface area contributed by atoms with Crippen LogP contribution in [0, 0.1) is 5.41 Å². The van der Waals surface area contributed by atoms with Crippen LogP contribution in [0.3, 0.4) is 0 Å². The molecule has 1 aromatic carbocycles. The molecule has 0 atom stereocenters. The second kappa shape index (κ2) is 10.3. The molecule has 27 heavy (non-hydrogen) atoms. The van der Waals surface area contributed by atoms with Crippen LogP contribution in [0.5, 0.6) is 0 Å². The first kappa shape index (κ1) is 21.2. The van der Waals surface area contributed by atoms with Crippen LogP contribution in [0.2, 0.25) is 0 Å². The van der Waals surface area contributed by atoms with E-state index in [-0.39, 0.29) is 5.91 Å². The van der Waals surface area contributed by atoms with Crippen LogP contribution in [0.15, 0.2) is 35.3 Å². The van der Waals surface area contributed by atoms with E-state index < -0.39 is 5.41 Å². The second-order valence-corrected chi connectivity index (χ2v) is 7.84. The molecule has 1 aromatic rings. The van der Waals surface area contributed by atoms with Crippen molar-refractivity contribution in [2.45, 2.75) is 46.2 Å². The maximum Gasteiger partial charge on any atom is 0.227 e. The van der Waals surface area contributed by atoms with Crippen molar-refractivity contribution in [2.75, 3.05) is 33.2 Å². The van der Waals surface area contributed by atoms with Gasteiger partial charge in [-0.2, -0.15) is 0 Å². The van der Waals surface area contributed by atoms with Gasteiger partial charge in [0.15, 0.2) is 5.96 Å². The molecule has 1 heterocycles. The Morgan fingerprint density at radius 1 is 1.22 bits per heavy atom. The van der Waals surface area contributed by atoms with Gasteiger partial charge in [0.2, 0.25) is 5.91 Å². The predicted molar refractivity (Wildman–Crippen MR) is 112 cm³/mol. The molecule has 1 aliphatic heterocycles. The quantitative estimate of drug-likeness (QED) is 0.505. The van der Waals surface area contributed by atoms with Gasteiger partial charge in [0.05, 0.1) is 12.0 Å². The standard InChI is InChI=1S/C21H35N5O/c1-5-23-20(24-16-21(2,3)19(27)22-4)25-18-11-13-26(14-12-18)15-17-9-7-6-8-10-17/h6-10,18H,5,11-16H2,1-4H3,(H,22,27)(H2,23,24,25). The summed E-state index contributed by atoms with van der Waals surface area (Å²) in [5, 5.41) is 9.57. The third-order valence-electron chi connectivity index (χ3n) is 5.00. The van der Waals surface area contributed by atoms with Gasteiger partial charge in [-0.3, -0.25) is 14.7 Å². The normalized spacial score (nSPS) is 16.8. The van der Waals surface area contributed by atoms with E-state index in [0.29, 0.717) is 12.6 Å². The van der Waals surface area contributed by atoms with Crippen molar-refractivity contribution >= 4 is 11.9 Å². The van der Waals surface area contributed by atoms with Crippen molar-refractivity contribution in [3.63, 3.8) is 0 Å². The number of hydrogen-bond donors (Lipinski definition) is 3. The summed E-state index contributed by atoms with van der Waals surface area (Å²) in [7, 11) is 1.67. The van der Waals surface area contributed by atoms with E-state index >= 15 is 0 Å². The third kappa shape index (κ3) is 6.86. The van der Waals surface area contributed by atoms with Crippen molar-refractivity contribution in [1.29, 1.82) is 0 Å². The Morgan fingerprint density at radius 3 is 2.48 bits per heavy atom. The fourth-order valence-electron chi connectivity index (χ4n) is 3.28. The molecule has 1 aliphatic rings. The molecular formula is C21H35N5O. The molecule has 1 fully saturated rings. The minimum Gasteiger partial charge on any atom is -0.359 e. The number of nitrogens with zero attached hydrogens (tertiary/aromatic N) is 2. The van der Waals surface area contributed by atoms with Crippen molar-refractivity contribution in [2.24, 2.45) is 10.4 Å². The maximum absolute atomic E-state index is 12.0. The third-order valence-corrected chi connectivity index (χ3v) is 5.00. The van der Waals surface area contributed by atoms with Gasteiger partial charge in [0, 0.05) is 39.3 Å². The van der Waals surface area contributed by atoms with E-state index in [1.165, 1.54) is 5.56 Å². The van der Waals surface area contributed by atoms with E-state index in [1.54, 1.807) is 7.05 Å². The van der Waals surface area contributed by atoms with Gasteiger partial charge in [0.1, 0.15) is 0 Å². The Kier molecular flexibility index (Phi) is 8.10. The van der Waals surface area contributed by atoms with E-state index in [4.69, 9.17) is 0 Å². The SMILES string of the molecule is CCNC(=NCC(C)(C)C(=O)NC)NC1CCN(Cc2ccccc2)CC1. The predicted octanol–water partition coefficient (Wildman–Crippen LogP) is 1.98. The summed E-state index contributed by atoms with van der Waals surface area (Å²) in [5.41, 5.74) is 0.853. The van der Waals surface area contributed by atoms with Gasteiger partial charge in [0.25, 0.3) is 0 Å². The summed E-state index contributed by atoms with van der Waals surface area (Å²) in [5.74, 6) is 0.812. The number of carbonyl (C=O) groups is 1. The summed E-state index contributed by atoms with van der Waals surface area (Å²) in [4.78, 5) is 19.1. The molecule has 3 N–H and O–H groups in total. The first-order valence-corrected chi connectivity index (χ1v) is 9.98. The number of nitrogens with one attached hydrogen (secondary N) is 3. The summed E-state index contributed by atoms with van der Waals surface area (Å²) >= 11 is 0. The lowest BCUT2D eigenvalue weighted by atomic mass is 9.93. The van der Waals surface area contributed by atoms with Gasteiger partial charge in [-0.05, 0) is 39.2 Å². The maximum atomic E-state index is 12.0. The molecule has 2 rings (SSSR count). The van der Waals surface area contributed by atoms with Crippen molar-refractivity contribution < 1.29 is 4.79 Å². The van der Waals surface area contributed by atoms with Crippen LogP contribution in [0.1, 0.15) is 39.2 Å². The Hall–Kier alpha value is -2.08. The Labute approximate surface area is 163 Å². The number of likely N-dealkylation sites (tertiary alicyclic amines) is 1. The fraction of sp³-hybridized carbons (Fsp3) is 0.619. The number of benzene rings is 1. The molecule has 150 valence electrons. The Balaban J connectivity index is 1.84. The van der Waals surface area contributed by atoms with E-state index in [0.717, 1.165) is 45.0 Å². The summed E-state index contributed by atoms with van der Waals surface area (Å²) < 4.78 is 0. The van der Waals surface area contributed by atoms with E-state index in [1.807, 2.05) is 13.8 Å². The van der Waals surface area contributed by atoms with Crippen LogP contribution >= 0.6 is 0 Å². The van der Waals surface area contributed by atoms with Crippen molar-refractivity contribution in [3.05, 3.63) is 35.9 Å². The topological polar surface area (TPSA) is 68.8 Å². The fourth-order valence-corrected chi connectivity index (χ4v) is 3.28. The largest absolute Gasteiger partial charge is 0.359 e. The summed E-state index contributed by atoms with van der Waals surface area (Å²) in [6.45, 7) is 10.3. The highest BCUT2D eigenvalue weighted by Crippen LogP contribution is 2.16. The zero-order valence-electron chi connectivity index (χ0n) is 17.2. The molecule has 1 saturated heterocycles. The lowest BCUT2D eigenvalue weighted by molar-refractivity contribution is -0.128. The highest BCUT2D eigenvalue weighted by molar-refractivity contribution is 5.83. The van der Waals surface area contributed by atoms with Crippen molar-refractivity contribution in [1.82, 2.24) is 20.9 Å². The number of amides is 1. The molecule has 6 heteroatoms. The lowest BCUT2D eigenvalue weighted by Crippen LogP contribution is -2.49. The molecule has 0 spiro atoms.